The minimum Gasteiger partial charge on any atom is -0.452 e. The number of benzene rings is 3. The van der Waals surface area contributed by atoms with E-state index in [1.54, 1.807) is 78.9 Å². The van der Waals surface area contributed by atoms with Crippen LogP contribution in [-0.4, -0.2) is 54.2 Å². The molecule has 4 atom stereocenters. The number of rotatable bonds is 6. The van der Waals surface area contributed by atoms with Crippen LogP contribution in [-0.2, 0) is 18.9 Å². The zero-order valence-corrected chi connectivity index (χ0v) is 18.0. The van der Waals surface area contributed by atoms with E-state index in [-0.39, 0.29) is 23.3 Å². The monoisotopic (exact) mass is 462 g/mol. The predicted octanol–water partition coefficient (Wildman–Crippen LogP) is 3.01. The van der Waals surface area contributed by atoms with Crippen LogP contribution < -0.4 is 0 Å². The van der Waals surface area contributed by atoms with E-state index in [2.05, 4.69) is 0 Å². The molecule has 0 aliphatic carbocycles. The van der Waals surface area contributed by atoms with E-state index in [1.807, 2.05) is 0 Å². The lowest BCUT2D eigenvalue weighted by atomic mass is 10.0. The molecule has 4 rings (SSSR count). The van der Waals surface area contributed by atoms with E-state index in [9.17, 15) is 19.5 Å². The number of hydrogen-bond donors (Lipinski definition) is 1. The fourth-order valence-electron chi connectivity index (χ4n) is 3.44. The minimum atomic E-state index is -1.60. The Hall–Kier alpha value is -4.01. The Kier molecular flexibility index (Phi) is 7.31. The fourth-order valence-corrected chi connectivity index (χ4v) is 3.44. The highest BCUT2D eigenvalue weighted by atomic mass is 16.7. The van der Waals surface area contributed by atoms with Crippen LogP contribution in [0.4, 0.5) is 0 Å². The zero-order valence-electron chi connectivity index (χ0n) is 18.0. The first-order valence-corrected chi connectivity index (χ1v) is 10.6. The molecule has 1 saturated heterocycles. The molecular weight excluding hydrogens is 440 g/mol. The van der Waals surface area contributed by atoms with Gasteiger partial charge in [-0.3, -0.25) is 0 Å². The maximum absolute atomic E-state index is 12.8. The van der Waals surface area contributed by atoms with Crippen LogP contribution in [0.3, 0.4) is 0 Å². The average Bonchev–Trinajstić information content (AvgIpc) is 2.89. The molecule has 34 heavy (non-hydrogen) atoms. The van der Waals surface area contributed by atoms with Gasteiger partial charge in [0, 0.05) is 0 Å². The molecule has 3 aromatic carbocycles. The van der Waals surface area contributed by atoms with Crippen molar-refractivity contribution < 1.29 is 38.4 Å². The molecule has 0 radical (unpaired) electrons. The summed E-state index contributed by atoms with van der Waals surface area (Å²) in [4.78, 5) is 38.1. The molecule has 0 amide bonds. The van der Waals surface area contributed by atoms with E-state index in [1.165, 1.54) is 12.1 Å². The van der Waals surface area contributed by atoms with Crippen LogP contribution in [0.1, 0.15) is 31.1 Å². The summed E-state index contributed by atoms with van der Waals surface area (Å²) in [5.74, 6) is -2.18. The molecule has 8 heteroatoms. The van der Waals surface area contributed by atoms with Gasteiger partial charge in [-0.1, -0.05) is 54.6 Å². The van der Waals surface area contributed by atoms with Crippen molar-refractivity contribution in [1.82, 2.24) is 0 Å². The van der Waals surface area contributed by atoms with E-state index >= 15 is 0 Å². The third kappa shape index (κ3) is 5.48. The Morgan fingerprint density at radius 1 is 0.618 bits per heavy atom. The third-order valence-electron chi connectivity index (χ3n) is 5.18. The Morgan fingerprint density at radius 2 is 1.00 bits per heavy atom. The van der Waals surface area contributed by atoms with Crippen molar-refractivity contribution in [3.63, 3.8) is 0 Å². The van der Waals surface area contributed by atoms with Gasteiger partial charge in [-0.2, -0.15) is 0 Å². The van der Waals surface area contributed by atoms with E-state index in [0.29, 0.717) is 0 Å². The zero-order chi connectivity index (χ0) is 23.9. The van der Waals surface area contributed by atoms with Crippen LogP contribution in [0.25, 0.3) is 0 Å². The van der Waals surface area contributed by atoms with Gasteiger partial charge in [-0.15, -0.1) is 0 Å². The Labute approximate surface area is 195 Å². The van der Waals surface area contributed by atoms with Crippen LogP contribution in [0.15, 0.2) is 91.0 Å². The summed E-state index contributed by atoms with van der Waals surface area (Å²) in [5, 5.41) is 10.5. The standard InChI is InChI=1S/C26H22O8/c27-23(17-10-4-1-5-11-17)32-20-16-31-26(30)22(34-25(29)19-14-8-3-9-15-19)21(20)33-24(28)18-12-6-2-7-13-18/h1-15,20-22,26,30H,16H2/t20-,21-,22+,26+/m0/s1. The number of aliphatic hydroxyl groups is 1. The van der Waals surface area contributed by atoms with Gasteiger partial charge < -0.3 is 24.1 Å². The van der Waals surface area contributed by atoms with Crippen LogP contribution in [0, 0.1) is 0 Å². The van der Waals surface area contributed by atoms with Gasteiger partial charge in [0.15, 0.2) is 24.6 Å². The number of ether oxygens (including phenoxy) is 4. The Balaban J connectivity index is 1.59. The highest BCUT2D eigenvalue weighted by molar-refractivity contribution is 5.91. The Morgan fingerprint density at radius 3 is 1.44 bits per heavy atom. The van der Waals surface area contributed by atoms with Crippen LogP contribution in [0.2, 0.25) is 0 Å². The van der Waals surface area contributed by atoms with Crippen LogP contribution in [0.5, 0.6) is 0 Å². The van der Waals surface area contributed by atoms with Crippen molar-refractivity contribution in [2.45, 2.75) is 24.6 Å². The predicted molar refractivity (Wildman–Crippen MR) is 119 cm³/mol. The summed E-state index contributed by atoms with van der Waals surface area (Å²) in [5.41, 5.74) is 0.746. The van der Waals surface area contributed by atoms with E-state index in [0.717, 1.165) is 0 Å². The quantitative estimate of drug-likeness (QED) is 0.440. The summed E-state index contributed by atoms with van der Waals surface area (Å²) in [6.07, 6.45) is -5.51. The lowest BCUT2D eigenvalue weighted by molar-refractivity contribution is -0.251. The molecular formula is C26H22O8. The molecule has 1 aliphatic rings. The van der Waals surface area contributed by atoms with Crippen molar-refractivity contribution in [3.05, 3.63) is 108 Å². The molecule has 1 aliphatic heterocycles. The van der Waals surface area contributed by atoms with Crippen molar-refractivity contribution in [2.75, 3.05) is 6.61 Å². The summed E-state index contributed by atoms with van der Waals surface area (Å²) in [6.45, 7) is -0.272. The van der Waals surface area contributed by atoms with Crippen LogP contribution >= 0.6 is 0 Å². The molecule has 1 N–H and O–H groups in total. The highest BCUT2D eigenvalue weighted by Crippen LogP contribution is 2.25. The first kappa shape index (κ1) is 23.2. The molecule has 1 heterocycles. The molecule has 0 bridgehead atoms. The number of carbonyl (C=O) groups excluding carboxylic acids is 3. The average molecular weight is 462 g/mol. The number of aliphatic hydroxyl groups excluding tert-OH is 1. The van der Waals surface area contributed by atoms with Crippen molar-refractivity contribution in [1.29, 1.82) is 0 Å². The second kappa shape index (κ2) is 10.7. The second-order valence-corrected chi connectivity index (χ2v) is 7.51. The first-order valence-electron chi connectivity index (χ1n) is 10.6. The lowest BCUT2D eigenvalue weighted by Crippen LogP contribution is -2.57. The largest absolute Gasteiger partial charge is 0.452 e. The highest BCUT2D eigenvalue weighted by Gasteiger charge is 2.47. The fraction of sp³-hybridized carbons (Fsp3) is 0.192. The summed E-state index contributed by atoms with van der Waals surface area (Å²) in [6, 6.07) is 24.5. The topological polar surface area (TPSA) is 108 Å². The minimum absolute atomic E-state index is 0.228. The Bertz CT molecular complexity index is 1120. The number of hydrogen-bond acceptors (Lipinski definition) is 8. The second-order valence-electron chi connectivity index (χ2n) is 7.51. The number of carbonyl (C=O) groups is 3. The van der Waals surface area contributed by atoms with Gasteiger partial charge >= 0.3 is 17.9 Å². The first-order chi connectivity index (χ1) is 16.5. The van der Waals surface area contributed by atoms with Gasteiger partial charge in [0.2, 0.25) is 0 Å². The van der Waals surface area contributed by atoms with Gasteiger partial charge in [0.05, 0.1) is 23.3 Å². The maximum Gasteiger partial charge on any atom is 0.338 e. The molecule has 3 aromatic rings. The van der Waals surface area contributed by atoms with Crippen molar-refractivity contribution in [2.24, 2.45) is 0 Å². The SMILES string of the molecule is O=C(O[C@@H]1[C@@H](OC(=O)c2ccccc2)[C@@H](OC(=O)c2ccccc2)CO[C@H]1O)c1ccccc1. The molecule has 8 nitrogen and oxygen atoms in total. The number of esters is 3. The maximum atomic E-state index is 12.8. The summed E-state index contributed by atoms with van der Waals surface area (Å²) < 4.78 is 21.9. The normalized spacial score (nSPS) is 21.8. The molecule has 1 fully saturated rings. The molecule has 0 spiro atoms. The lowest BCUT2D eigenvalue weighted by Gasteiger charge is -2.38. The molecule has 0 saturated carbocycles. The van der Waals surface area contributed by atoms with Gasteiger partial charge in [0.1, 0.15) is 0 Å². The summed E-state index contributed by atoms with van der Waals surface area (Å²) >= 11 is 0. The van der Waals surface area contributed by atoms with E-state index < -0.39 is 42.5 Å². The van der Waals surface area contributed by atoms with Gasteiger partial charge in [-0.05, 0) is 36.4 Å². The van der Waals surface area contributed by atoms with Crippen molar-refractivity contribution in [3.8, 4) is 0 Å². The van der Waals surface area contributed by atoms with Gasteiger partial charge in [0.25, 0.3) is 0 Å². The molecule has 174 valence electrons. The molecule has 0 aromatic heterocycles. The smallest absolute Gasteiger partial charge is 0.338 e. The van der Waals surface area contributed by atoms with Gasteiger partial charge in [-0.25, -0.2) is 14.4 Å². The summed E-state index contributed by atoms with van der Waals surface area (Å²) in [7, 11) is 0. The molecule has 0 unspecified atom stereocenters. The third-order valence-corrected chi connectivity index (χ3v) is 5.18. The van der Waals surface area contributed by atoms with Crippen molar-refractivity contribution >= 4 is 17.9 Å². The van der Waals surface area contributed by atoms with E-state index in [4.69, 9.17) is 18.9 Å².